The van der Waals surface area contributed by atoms with Crippen LogP contribution in [-0.2, 0) is 0 Å². The molecule has 1 rings (SSSR count). The van der Waals surface area contributed by atoms with Crippen LogP contribution in [0.15, 0.2) is 30.3 Å². The van der Waals surface area contributed by atoms with Gasteiger partial charge in [-0.15, -0.1) is 0 Å². The van der Waals surface area contributed by atoms with E-state index in [0.717, 1.165) is 17.3 Å². The Morgan fingerprint density at radius 1 is 1.40 bits per heavy atom. The maximum absolute atomic E-state index is 11.9. The molecule has 0 aromatic heterocycles. The largest absolute Gasteiger partial charge is 0.435 e. The molecular formula is C11H11BrF2O. The fraction of sp³-hybridized carbons (Fsp3) is 0.273. The number of halogens is 3. The Labute approximate surface area is 95.9 Å². The zero-order chi connectivity index (χ0) is 11.1. The number of hydrogen-bond acceptors (Lipinski definition) is 1. The van der Waals surface area contributed by atoms with Crippen molar-refractivity contribution in [2.24, 2.45) is 0 Å². The van der Waals surface area contributed by atoms with Crippen LogP contribution in [0.3, 0.4) is 0 Å². The molecular weight excluding hydrogens is 266 g/mol. The highest BCUT2D eigenvalue weighted by Crippen LogP contribution is 2.16. The normalized spacial score (nSPS) is 11.2. The molecule has 0 bridgehead atoms. The van der Waals surface area contributed by atoms with E-state index in [2.05, 4.69) is 20.7 Å². The SMILES string of the molecule is FC(F)Oc1cccc(C=CCCBr)c1. The van der Waals surface area contributed by atoms with Gasteiger partial charge in [0.1, 0.15) is 5.75 Å². The van der Waals surface area contributed by atoms with E-state index in [-0.39, 0.29) is 5.75 Å². The molecule has 0 radical (unpaired) electrons. The highest BCUT2D eigenvalue weighted by atomic mass is 79.9. The first-order chi connectivity index (χ1) is 7.22. The molecule has 0 fully saturated rings. The predicted molar refractivity (Wildman–Crippen MR) is 60.5 cm³/mol. The first-order valence-electron chi connectivity index (χ1n) is 4.50. The van der Waals surface area contributed by atoms with Gasteiger partial charge in [0.2, 0.25) is 0 Å². The summed E-state index contributed by atoms with van der Waals surface area (Å²) in [6.45, 7) is -2.77. The highest BCUT2D eigenvalue weighted by Gasteiger charge is 2.03. The van der Waals surface area contributed by atoms with E-state index in [9.17, 15) is 8.78 Å². The standard InChI is InChI=1S/C11H11BrF2O/c12-7-2-1-4-9-5-3-6-10(8-9)15-11(13)14/h1,3-6,8,11H,2,7H2. The van der Waals surface area contributed by atoms with Gasteiger partial charge < -0.3 is 4.74 Å². The molecule has 82 valence electrons. The van der Waals surface area contributed by atoms with Gasteiger partial charge in [-0.2, -0.15) is 8.78 Å². The van der Waals surface area contributed by atoms with Crippen LogP contribution in [-0.4, -0.2) is 11.9 Å². The Morgan fingerprint density at radius 2 is 2.20 bits per heavy atom. The molecule has 0 aliphatic carbocycles. The lowest BCUT2D eigenvalue weighted by atomic mass is 10.2. The molecule has 1 nitrogen and oxygen atoms in total. The topological polar surface area (TPSA) is 9.23 Å². The third-order valence-electron chi connectivity index (χ3n) is 1.67. The van der Waals surface area contributed by atoms with Crippen LogP contribution in [0.5, 0.6) is 5.75 Å². The maximum atomic E-state index is 11.9. The second-order valence-corrected chi connectivity index (χ2v) is 3.62. The van der Waals surface area contributed by atoms with E-state index in [0.29, 0.717) is 0 Å². The van der Waals surface area contributed by atoms with Gasteiger partial charge in [-0.05, 0) is 24.1 Å². The maximum Gasteiger partial charge on any atom is 0.387 e. The lowest BCUT2D eigenvalue weighted by Gasteiger charge is -2.04. The number of hydrogen-bond donors (Lipinski definition) is 0. The first-order valence-corrected chi connectivity index (χ1v) is 5.62. The summed E-state index contributed by atoms with van der Waals surface area (Å²) in [5, 5.41) is 0.886. The van der Waals surface area contributed by atoms with Gasteiger partial charge >= 0.3 is 6.61 Å². The van der Waals surface area contributed by atoms with Crippen LogP contribution < -0.4 is 4.74 Å². The van der Waals surface area contributed by atoms with Gasteiger partial charge in [0.25, 0.3) is 0 Å². The zero-order valence-corrected chi connectivity index (χ0v) is 9.58. The van der Waals surface area contributed by atoms with Crippen LogP contribution in [0.4, 0.5) is 8.78 Å². The average Bonchev–Trinajstić information content (AvgIpc) is 2.18. The van der Waals surface area contributed by atoms with Gasteiger partial charge in [-0.3, -0.25) is 0 Å². The Morgan fingerprint density at radius 3 is 2.87 bits per heavy atom. The van der Waals surface area contributed by atoms with Crippen molar-refractivity contribution < 1.29 is 13.5 Å². The molecule has 0 saturated carbocycles. The molecule has 0 atom stereocenters. The van der Waals surface area contributed by atoms with Gasteiger partial charge in [0, 0.05) is 5.33 Å². The minimum absolute atomic E-state index is 0.186. The smallest absolute Gasteiger partial charge is 0.387 e. The van der Waals surface area contributed by atoms with Crippen LogP contribution in [0, 0.1) is 0 Å². The lowest BCUT2D eigenvalue weighted by molar-refractivity contribution is -0.0498. The molecule has 1 aromatic carbocycles. The summed E-state index contributed by atoms with van der Waals surface area (Å²) >= 11 is 3.30. The van der Waals surface area contributed by atoms with Gasteiger partial charge in [0.05, 0.1) is 0 Å². The van der Waals surface area contributed by atoms with Crippen molar-refractivity contribution >= 4 is 22.0 Å². The van der Waals surface area contributed by atoms with Gasteiger partial charge in [-0.25, -0.2) is 0 Å². The summed E-state index contributed by atoms with van der Waals surface area (Å²) in [4.78, 5) is 0. The van der Waals surface area contributed by atoms with Crippen LogP contribution in [0.25, 0.3) is 6.08 Å². The van der Waals surface area contributed by atoms with Crippen molar-refractivity contribution in [3.8, 4) is 5.75 Å². The fourth-order valence-electron chi connectivity index (χ4n) is 1.08. The Hall–Kier alpha value is -0.900. The number of benzene rings is 1. The highest BCUT2D eigenvalue weighted by molar-refractivity contribution is 9.09. The van der Waals surface area contributed by atoms with Crippen molar-refractivity contribution in [2.75, 3.05) is 5.33 Å². The van der Waals surface area contributed by atoms with Gasteiger partial charge in [-0.1, -0.05) is 40.2 Å². The molecule has 0 amide bonds. The van der Waals surface area contributed by atoms with Crippen molar-refractivity contribution in [3.05, 3.63) is 35.9 Å². The predicted octanol–water partition coefficient (Wildman–Crippen LogP) is 4.09. The van der Waals surface area contributed by atoms with E-state index in [4.69, 9.17) is 0 Å². The third-order valence-corrected chi connectivity index (χ3v) is 2.13. The van der Waals surface area contributed by atoms with Gasteiger partial charge in [0.15, 0.2) is 0 Å². The van der Waals surface area contributed by atoms with Crippen molar-refractivity contribution in [1.29, 1.82) is 0 Å². The van der Waals surface area contributed by atoms with Crippen molar-refractivity contribution in [3.63, 3.8) is 0 Å². The molecule has 0 N–H and O–H groups in total. The molecule has 0 aliphatic rings. The Bertz CT molecular complexity index is 326. The Balaban J connectivity index is 2.65. The summed E-state index contributed by atoms with van der Waals surface area (Å²) in [6, 6.07) is 6.61. The number of allylic oxidation sites excluding steroid dienone is 1. The van der Waals surface area contributed by atoms with E-state index in [1.165, 1.54) is 6.07 Å². The van der Waals surface area contributed by atoms with E-state index >= 15 is 0 Å². The fourth-order valence-corrected chi connectivity index (χ4v) is 1.34. The second-order valence-electron chi connectivity index (χ2n) is 2.83. The monoisotopic (exact) mass is 276 g/mol. The summed E-state index contributed by atoms with van der Waals surface area (Å²) in [7, 11) is 0. The van der Waals surface area contributed by atoms with E-state index in [1.807, 2.05) is 18.2 Å². The molecule has 0 unspecified atom stereocenters. The molecule has 0 spiro atoms. The number of rotatable bonds is 5. The molecule has 1 aromatic rings. The second kappa shape index (κ2) is 6.56. The van der Waals surface area contributed by atoms with Crippen LogP contribution in [0.1, 0.15) is 12.0 Å². The summed E-state index contributed by atoms with van der Waals surface area (Å²) in [6.07, 6.45) is 4.75. The van der Waals surface area contributed by atoms with Crippen LogP contribution >= 0.6 is 15.9 Å². The average molecular weight is 277 g/mol. The zero-order valence-electron chi connectivity index (χ0n) is 8.00. The third kappa shape index (κ3) is 4.93. The minimum atomic E-state index is -2.77. The molecule has 4 heteroatoms. The van der Waals surface area contributed by atoms with Crippen molar-refractivity contribution in [2.45, 2.75) is 13.0 Å². The summed E-state index contributed by atoms with van der Waals surface area (Å²) in [5.74, 6) is 0.186. The first kappa shape index (κ1) is 12.2. The molecule has 15 heavy (non-hydrogen) atoms. The number of alkyl halides is 3. The minimum Gasteiger partial charge on any atom is -0.435 e. The lowest BCUT2D eigenvalue weighted by Crippen LogP contribution is -2.01. The number of ether oxygens (including phenoxy) is 1. The molecule has 0 aliphatic heterocycles. The Kier molecular flexibility index (Phi) is 5.32. The quantitative estimate of drug-likeness (QED) is 0.737. The summed E-state index contributed by atoms with van der Waals surface area (Å²) in [5.41, 5.74) is 0.856. The molecule has 0 heterocycles. The summed E-state index contributed by atoms with van der Waals surface area (Å²) < 4.78 is 28.1. The van der Waals surface area contributed by atoms with Crippen molar-refractivity contribution in [1.82, 2.24) is 0 Å². The van der Waals surface area contributed by atoms with E-state index in [1.54, 1.807) is 12.1 Å². The van der Waals surface area contributed by atoms with Crippen LogP contribution in [0.2, 0.25) is 0 Å². The van der Waals surface area contributed by atoms with E-state index < -0.39 is 6.61 Å². The molecule has 0 saturated heterocycles.